The third-order valence-electron chi connectivity index (χ3n) is 1.08. The molecule has 0 unspecified atom stereocenters. The molecule has 1 N–H and O–H groups in total. The van der Waals surface area contributed by atoms with Gasteiger partial charge >= 0.3 is 61.5 Å². The maximum Gasteiger partial charge on any atom is 1.00 e. The van der Waals surface area contributed by atoms with Crippen LogP contribution in [0.25, 0.3) is 0 Å². The standard InChI is InChI=1S/C5H4O5S2.K/c6-4(7)3-1-2-11-5(3)12(8,9)10;/h1-2H,(H,6,7)(H,8,9,10);/q;+1/p-1. The Balaban J connectivity index is 0.00000144. The first-order valence-electron chi connectivity index (χ1n) is 2.69. The first-order chi connectivity index (χ1) is 5.43. The number of aromatic carboxylic acids is 1. The number of hydrogen-bond donors (Lipinski definition) is 1. The van der Waals surface area contributed by atoms with Crippen LogP contribution < -0.4 is 56.5 Å². The van der Waals surface area contributed by atoms with Gasteiger partial charge in [-0.1, -0.05) is 0 Å². The van der Waals surface area contributed by atoms with Crippen LogP contribution in [0.1, 0.15) is 10.4 Å². The van der Waals surface area contributed by atoms with E-state index in [0.29, 0.717) is 11.3 Å². The van der Waals surface area contributed by atoms with E-state index in [9.17, 15) is 18.3 Å². The maximum atomic E-state index is 10.5. The molecule has 1 heterocycles. The van der Waals surface area contributed by atoms with E-state index in [1.54, 1.807) is 0 Å². The molecule has 13 heavy (non-hydrogen) atoms. The average molecular weight is 246 g/mol. The Morgan fingerprint density at radius 1 is 1.54 bits per heavy atom. The second-order valence-electron chi connectivity index (χ2n) is 1.88. The summed E-state index contributed by atoms with van der Waals surface area (Å²) in [5.74, 6) is -1.62. The van der Waals surface area contributed by atoms with Crippen molar-refractivity contribution in [1.29, 1.82) is 0 Å². The summed E-state index contributed by atoms with van der Waals surface area (Å²) in [6.45, 7) is 0. The van der Waals surface area contributed by atoms with Crippen LogP contribution in [0.2, 0.25) is 0 Å². The molecule has 8 heteroatoms. The van der Waals surface area contributed by atoms with Gasteiger partial charge in [-0.2, -0.15) is 8.42 Å². The molecule has 0 fully saturated rings. The van der Waals surface area contributed by atoms with Gasteiger partial charge in [0, 0.05) is 5.56 Å². The number of rotatable bonds is 2. The monoisotopic (exact) mass is 246 g/mol. The molecule has 66 valence electrons. The van der Waals surface area contributed by atoms with Crippen LogP contribution in [0.15, 0.2) is 15.7 Å². The second kappa shape index (κ2) is 4.98. The van der Waals surface area contributed by atoms with E-state index < -0.39 is 25.9 Å². The Labute approximate surface area is 121 Å². The van der Waals surface area contributed by atoms with Crippen molar-refractivity contribution in [2.24, 2.45) is 0 Å². The average Bonchev–Trinajstić information content (AvgIpc) is 2.30. The molecule has 0 saturated carbocycles. The third kappa shape index (κ3) is 3.40. The van der Waals surface area contributed by atoms with E-state index in [-0.39, 0.29) is 51.4 Å². The minimum absolute atomic E-state index is 0. The van der Waals surface area contributed by atoms with E-state index in [2.05, 4.69) is 0 Å². The van der Waals surface area contributed by atoms with Crippen LogP contribution in [0.3, 0.4) is 0 Å². The van der Waals surface area contributed by atoms with Crippen LogP contribution in [0.5, 0.6) is 0 Å². The van der Waals surface area contributed by atoms with Gasteiger partial charge in [-0.25, -0.2) is 0 Å². The van der Waals surface area contributed by atoms with Gasteiger partial charge in [0.2, 0.25) is 0 Å². The smallest absolute Gasteiger partial charge is 0.545 e. The summed E-state index contributed by atoms with van der Waals surface area (Å²) in [5.41, 5.74) is -0.512. The fourth-order valence-electron chi connectivity index (χ4n) is 0.647. The molecule has 1 aromatic heterocycles. The number of hydrogen-bond acceptors (Lipinski definition) is 5. The predicted molar refractivity (Wildman–Crippen MR) is 38.5 cm³/mol. The zero-order chi connectivity index (χ0) is 9.35. The number of carbonyl (C=O) groups excluding carboxylic acids is 1. The first-order valence-corrected chi connectivity index (χ1v) is 5.01. The molecule has 0 spiro atoms. The summed E-state index contributed by atoms with van der Waals surface area (Å²) in [6, 6.07) is 1.06. The van der Waals surface area contributed by atoms with Gasteiger partial charge in [-0.15, -0.1) is 11.3 Å². The Morgan fingerprint density at radius 3 is 2.38 bits per heavy atom. The van der Waals surface area contributed by atoms with Crippen molar-refractivity contribution in [1.82, 2.24) is 0 Å². The van der Waals surface area contributed by atoms with Gasteiger partial charge in [0.05, 0.1) is 5.97 Å². The summed E-state index contributed by atoms with van der Waals surface area (Å²) in [4.78, 5) is 10.2. The molecule has 0 saturated heterocycles. The zero-order valence-corrected chi connectivity index (χ0v) is 11.3. The fourth-order valence-corrected chi connectivity index (χ4v) is 2.33. The van der Waals surface area contributed by atoms with E-state index in [0.717, 1.165) is 6.07 Å². The van der Waals surface area contributed by atoms with Gasteiger partial charge < -0.3 is 9.90 Å². The number of thiophene rings is 1. The summed E-state index contributed by atoms with van der Waals surface area (Å²) >= 11 is 0.626. The SMILES string of the molecule is O=C([O-])c1ccsc1S(=O)(=O)O.[K+]. The molecule has 0 aliphatic heterocycles. The van der Waals surface area contributed by atoms with E-state index in [4.69, 9.17) is 4.55 Å². The van der Waals surface area contributed by atoms with Crippen molar-refractivity contribution in [3.63, 3.8) is 0 Å². The van der Waals surface area contributed by atoms with Crippen LogP contribution in [0, 0.1) is 0 Å². The van der Waals surface area contributed by atoms with Crippen LogP contribution in [0.4, 0.5) is 0 Å². The molecule has 0 amide bonds. The normalized spacial score (nSPS) is 10.5. The molecule has 5 nitrogen and oxygen atoms in total. The third-order valence-corrected chi connectivity index (χ3v) is 3.40. The summed E-state index contributed by atoms with van der Waals surface area (Å²) in [5, 5.41) is 11.5. The topological polar surface area (TPSA) is 94.5 Å². The second-order valence-corrected chi connectivity index (χ2v) is 4.42. The van der Waals surface area contributed by atoms with E-state index in [1.165, 1.54) is 5.38 Å². The van der Waals surface area contributed by atoms with E-state index >= 15 is 0 Å². The molecule has 0 aliphatic carbocycles. The van der Waals surface area contributed by atoms with Gasteiger partial charge in [0.15, 0.2) is 4.21 Å². The first kappa shape index (κ1) is 13.7. The van der Waals surface area contributed by atoms with Crippen molar-refractivity contribution >= 4 is 27.4 Å². The molecular formula is C5H3KO5S2. The van der Waals surface area contributed by atoms with Crippen molar-refractivity contribution in [3.05, 3.63) is 17.0 Å². The summed E-state index contributed by atoms with van der Waals surface area (Å²) < 4.78 is 28.9. The van der Waals surface area contributed by atoms with Gasteiger partial charge in [0.1, 0.15) is 0 Å². The number of carbonyl (C=O) groups is 1. The van der Waals surface area contributed by atoms with Crippen molar-refractivity contribution in [2.75, 3.05) is 0 Å². The van der Waals surface area contributed by atoms with Crippen molar-refractivity contribution in [3.8, 4) is 0 Å². The minimum atomic E-state index is -4.44. The largest absolute Gasteiger partial charge is 1.00 e. The molecule has 0 aliphatic rings. The maximum absolute atomic E-state index is 10.5. The van der Waals surface area contributed by atoms with Crippen molar-refractivity contribution < 1.29 is 74.3 Å². The van der Waals surface area contributed by atoms with Crippen LogP contribution in [-0.2, 0) is 10.1 Å². The molecule has 0 atom stereocenters. The van der Waals surface area contributed by atoms with Gasteiger partial charge in [-0.3, -0.25) is 4.55 Å². The Morgan fingerprint density at radius 2 is 2.08 bits per heavy atom. The Hall–Kier alpha value is 0.716. The van der Waals surface area contributed by atoms with Gasteiger partial charge in [-0.05, 0) is 11.4 Å². The Bertz CT molecular complexity index is 406. The van der Waals surface area contributed by atoms with Crippen LogP contribution in [-0.4, -0.2) is 18.9 Å². The quantitative estimate of drug-likeness (QED) is 0.429. The predicted octanol–water partition coefficient (Wildman–Crippen LogP) is -3.64. The van der Waals surface area contributed by atoms with Gasteiger partial charge in [0.25, 0.3) is 0 Å². The molecule has 0 bridgehead atoms. The minimum Gasteiger partial charge on any atom is -0.545 e. The zero-order valence-electron chi connectivity index (χ0n) is 6.55. The van der Waals surface area contributed by atoms with Crippen molar-refractivity contribution in [2.45, 2.75) is 4.21 Å². The summed E-state index contributed by atoms with van der Waals surface area (Å²) in [7, 11) is -4.44. The number of carboxylic acids is 1. The summed E-state index contributed by atoms with van der Waals surface area (Å²) in [6.07, 6.45) is 0. The molecule has 1 aromatic rings. The molecule has 1 rings (SSSR count). The number of carboxylic acid groups (broad SMARTS) is 1. The van der Waals surface area contributed by atoms with Crippen LogP contribution >= 0.6 is 11.3 Å². The molecular weight excluding hydrogens is 243 g/mol. The fraction of sp³-hybridized carbons (Fsp3) is 0. The van der Waals surface area contributed by atoms with E-state index in [1.807, 2.05) is 0 Å². The Kier molecular flexibility index (Phi) is 5.26. The molecule has 0 radical (unpaired) electrons. The molecule has 0 aromatic carbocycles.